The molecule has 0 saturated carbocycles. The lowest BCUT2D eigenvalue weighted by Gasteiger charge is -2.15. The quantitative estimate of drug-likeness (QED) is 0.493. The molecule has 0 amide bonds. The van der Waals surface area contributed by atoms with E-state index in [9.17, 15) is 0 Å². The van der Waals surface area contributed by atoms with Crippen molar-refractivity contribution in [1.29, 1.82) is 0 Å². The molecule has 2 atom stereocenters. The highest BCUT2D eigenvalue weighted by Gasteiger charge is 2.36. The predicted octanol–water partition coefficient (Wildman–Crippen LogP) is 2.21. The number of hydrogen-bond acceptors (Lipinski definition) is 1. The normalized spacial score (nSPS) is 34.7. The van der Waals surface area contributed by atoms with Crippen molar-refractivity contribution < 1.29 is 4.74 Å². The van der Waals surface area contributed by atoms with E-state index in [4.69, 9.17) is 4.74 Å². The van der Waals surface area contributed by atoms with Crippen molar-refractivity contribution in [2.45, 2.75) is 46.3 Å². The van der Waals surface area contributed by atoms with Crippen molar-refractivity contribution in [2.24, 2.45) is 5.41 Å². The second-order valence-electron chi connectivity index (χ2n) is 4.14. The fraction of sp³-hybridized carbons (Fsp3) is 1.00. The van der Waals surface area contributed by atoms with Crippen LogP contribution in [0.4, 0.5) is 0 Å². The summed E-state index contributed by atoms with van der Waals surface area (Å²) in [4.78, 5) is 0. The zero-order valence-electron chi connectivity index (χ0n) is 6.77. The molecular weight excluding hydrogens is 112 g/mol. The first-order valence-corrected chi connectivity index (χ1v) is 3.64. The van der Waals surface area contributed by atoms with Crippen LogP contribution < -0.4 is 0 Å². The molecule has 1 fully saturated rings. The Morgan fingerprint density at radius 3 is 1.89 bits per heavy atom. The van der Waals surface area contributed by atoms with Gasteiger partial charge in [0, 0.05) is 0 Å². The van der Waals surface area contributed by atoms with Gasteiger partial charge in [-0.05, 0) is 18.8 Å². The summed E-state index contributed by atoms with van der Waals surface area (Å²) in [5.41, 5.74) is 0.440. The molecule has 0 bridgehead atoms. The number of rotatable bonds is 1. The summed E-state index contributed by atoms with van der Waals surface area (Å²) in [6, 6.07) is 0. The largest absolute Gasteiger partial charge is 0.370 e. The molecule has 1 aliphatic rings. The lowest BCUT2D eigenvalue weighted by molar-refractivity contribution is 0.295. The van der Waals surface area contributed by atoms with Gasteiger partial charge < -0.3 is 4.74 Å². The Kier molecular flexibility index (Phi) is 1.55. The lowest BCUT2D eigenvalue weighted by Crippen LogP contribution is -2.09. The molecule has 1 saturated heterocycles. The Labute approximate surface area is 57.4 Å². The van der Waals surface area contributed by atoms with Gasteiger partial charge in [-0.15, -0.1) is 0 Å². The molecule has 0 aromatic rings. The van der Waals surface area contributed by atoms with E-state index in [0.717, 1.165) is 0 Å². The fourth-order valence-electron chi connectivity index (χ4n) is 1.05. The van der Waals surface area contributed by atoms with Gasteiger partial charge in [0.25, 0.3) is 0 Å². The predicted molar refractivity (Wildman–Crippen MR) is 38.4 cm³/mol. The topological polar surface area (TPSA) is 12.5 Å². The third-order valence-electron chi connectivity index (χ3n) is 1.65. The molecule has 0 N–H and O–H groups in total. The molecule has 9 heavy (non-hydrogen) atoms. The van der Waals surface area contributed by atoms with E-state index in [1.807, 2.05) is 0 Å². The molecule has 0 aromatic heterocycles. The summed E-state index contributed by atoms with van der Waals surface area (Å²) in [7, 11) is 0. The van der Waals surface area contributed by atoms with Crippen LogP contribution >= 0.6 is 0 Å². The minimum Gasteiger partial charge on any atom is -0.370 e. The summed E-state index contributed by atoms with van der Waals surface area (Å²) < 4.78 is 5.29. The van der Waals surface area contributed by atoms with E-state index in [1.165, 1.54) is 6.42 Å². The van der Waals surface area contributed by atoms with Crippen molar-refractivity contribution in [2.75, 3.05) is 0 Å². The van der Waals surface area contributed by atoms with Gasteiger partial charge in [0.1, 0.15) is 0 Å². The van der Waals surface area contributed by atoms with Crippen LogP contribution in [0.5, 0.6) is 0 Å². The zero-order chi connectivity index (χ0) is 7.07. The maximum atomic E-state index is 5.29. The van der Waals surface area contributed by atoms with E-state index < -0.39 is 0 Å². The van der Waals surface area contributed by atoms with Crippen molar-refractivity contribution in [1.82, 2.24) is 0 Å². The van der Waals surface area contributed by atoms with Crippen LogP contribution in [0.3, 0.4) is 0 Å². The summed E-state index contributed by atoms with van der Waals surface area (Å²) in [6.45, 7) is 8.89. The van der Waals surface area contributed by atoms with E-state index in [0.29, 0.717) is 17.6 Å². The highest BCUT2D eigenvalue weighted by atomic mass is 16.6. The molecule has 0 aliphatic carbocycles. The molecule has 54 valence electrons. The third kappa shape index (κ3) is 2.35. The SMILES string of the molecule is C[C@H]1O[C@@H]1CC(C)(C)C. The Balaban J connectivity index is 2.19. The molecule has 0 radical (unpaired) electrons. The maximum Gasteiger partial charge on any atom is 0.0844 e. The maximum absolute atomic E-state index is 5.29. The van der Waals surface area contributed by atoms with Gasteiger partial charge >= 0.3 is 0 Å². The molecule has 1 heteroatoms. The van der Waals surface area contributed by atoms with Crippen LogP contribution in [0.15, 0.2) is 0 Å². The molecule has 1 heterocycles. The van der Waals surface area contributed by atoms with Gasteiger partial charge in [-0.2, -0.15) is 0 Å². The summed E-state index contributed by atoms with van der Waals surface area (Å²) >= 11 is 0. The van der Waals surface area contributed by atoms with Crippen LogP contribution in [0.1, 0.15) is 34.1 Å². The third-order valence-corrected chi connectivity index (χ3v) is 1.65. The van der Waals surface area contributed by atoms with Crippen LogP contribution in [0.25, 0.3) is 0 Å². The summed E-state index contributed by atoms with van der Waals surface area (Å²) in [5, 5.41) is 0. The van der Waals surface area contributed by atoms with Gasteiger partial charge in [-0.1, -0.05) is 20.8 Å². The number of ether oxygens (including phenoxy) is 1. The second-order valence-corrected chi connectivity index (χ2v) is 4.14. The molecule has 0 spiro atoms. The molecule has 0 unspecified atom stereocenters. The smallest absolute Gasteiger partial charge is 0.0844 e. The molecule has 0 aromatic carbocycles. The average molecular weight is 128 g/mol. The van der Waals surface area contributed by atoms with Crippen molar-refractivity contribution in [3.8, 4) is 0 Å². The van der Waals surface area contributed by atoms with Gasteiger partial charge in [-0.25, -0.2) is 0 Å². The fourth-order valence-corrected chi connectivity index (χ4v) is 1.05. The second kappa shape index (κ2) is 1.98. The van der Waals surface area contributed by atoms with Crippen LogP contribution in [-0.4, -0.2) is 12.2 Å². The highest BCUT2D eigenvalue weighted by molar-refractivity contribution is 4.84. The first-order chi connectivity index (χ1) is 3.99. The lowest BCUT2D eigenvalue weighted by atomic mass is 9.90. The highest BCUT2D eigenvalue weighted by Crippen LogP contribution is 2.33. The Morgan fingerprint density at radius 1 is 1.33 bits per heavy atom. The number of epoxide rings is 1. The van der Waals surface area contributed by atoms with E-state index >= 15 is 0 Å². The van der Waals surface area contributed by atoms with E-state index in [-0.39, 0.29) is 0 Å². The van der Waals surface area contributed by atoms with Crippen molar-refractivity contribution >= 4 is 0 Å². The van der Waals surface area contributed by atoms with Crippen LogP contribution in [0.2, 0.25) is 0 Å². The average Bonchev–Trinajstić information content (AvgIpc) is 2.13. The first-order valence-electron chi connectivity index (χ1n) is 3.64. The first kappa shape index (κ1) is 7.07. The minimum absolute atomic E-state index is 0.440. The van der Waals surface area contributed by atoms with E-state index in [1.54, 1.807) is 0 Å². The van der Waals surface area contributed by atoms with Crippen molar-refractivity contribution in [3.63, 3.8) is 0 Å². The van der Waals surface area contributed by atoms with Gasteiger partial charge in [0.05, 0.1) is 12.2 Å². The Morgan fingerprint density at radius 2 is 1.78 bits per heavy atom. The minimum atomic E-state index is 0.440. The molecular formula is C8H16O. The standard InChI is InChI=1S/C8H16O/c1-6-7(9-6)5-8(2,3)4/h6-7H,5H2,1-4H3/t6-,7-/m1/s1. The zero-order valence-corrected chi connectivity index (χ0v) is 6.77. The van der Waals surface area contributed by atoms with Gasteiger partial charge in [0.15, 0.2) is 0 Å². The van der Waals surface area contributed by atoms with Gasteiger partial charge in [0.2, 0.25) is 0 Å². The monoisotopic (exact) mass is 128 g/mol. The Hall–Kier alpha value is -0.0400. The number of hydrogen-bond donors (Lipinski definition) is 0. The molecule has 1 rings (SSSR count). The van der Waals surface area contributed by atoms with E-state index in [2.05, 4.69) is 27.7 Å². The summed E-state index contributed by atoms with van der Waals surface area (Å²) in [6.07, 6.45) is 2.29. The van der Waals surface area contributed by atoms with Gasteiger partial charge in [-0.3, -0.25) is 0 Å². The van der Waals surface area contributed by atoms with Crippen LogP contribution in [-0.2, 0) is 4.74 Å². The Bertz CT molecular complexity index is 102. The van der Waals surface area contributed by atoms with Crippen molar-refractivity contribution in [3.05, 3.63) is 0 Å². The molecule has 1 aliphatic heterocycles. The summed E-state index contributed by atoms with van der Waals surface area (Å²) in [5.74, 6) is 0. The van der Waals surface area contributed by atoms with Crippen LogP contribution in [0, 0.1) is 5.41 Å². The molecule has 1 nitrogen and oxygen atoms in total.